The maximum absolute atomic E-state index is 12.4. The molecule has 0 spiro atoms. The zero-order valence-electron chi connectivity index (χ0n) is 13.9. The largest absolute Gasteiger partial charge is 0.495 e. The van der Waals surface area contributed by atoms with Gasteiger partial charge in [0.25, 0.3) is 5.91 Å². The molecule has 1 heterocycles. The number of methoxy groups -OCH3 is 1. The van der Waals surface area contributed by atoms with E-state index in [0.717, 1.165) is 16.8 Å². The van der Waals surface area contributed by atoms with Crippen molar-refractivity contribution < 1.29 is 9.53 Å². The number of hydrogen-bond acceptors (Lipinski definition) is 3. The first-order chi connectivity index (χ1) is 12.1. The van der Waals surface area contributed by atoms with Gasteiger partial charge >= 0.3 is 0 Å². The van der Waals surface area contributed by atoms with E-state index >= 15 is 0 Å². The van der Waals surface area contributed by atoms with E-state index in [-0.39, 0.29) is 5.91 Å². The molecule has 0 saturated heterocycles. The van der Waals surface area contributed by atoms with Gasteiger partial charge in [0, 0.05) is 17.4 Å². The maximum Gasteiger partial charge on any atom is 0.257 e. The number of anilines is 1. The Morgan fingerprint density at radius 1 is 1.12 bits per heavy atom. The first-order valence-electron chi connectivity index (χ1n) is 7.75. The summed E-state index contributed by atoms with van der Waals surface area (Å²) in [7, 11) is 1.54. The molecule has 0 aliphatic carbocycles. The van der Waals surface area contributed by atoms with E-state index < -0.39 is 0 Å². The van der Waals surface area contributed by atoms with Crippen molar-refractivity contribution in [1.29, 1.82) is 0 Å². The Morgan fingerprint density at radius 3 is 2.60 bits per heavy atom. The molecular weight excluding hydrogens is 336 g/mol. The van der Waals surface area contributed by atoms with Crippen LogP contribution in [0.1, 0.15) is 15.9 Å². The van der Waals surface area contributed by atoms with Crippen molar-refractivity contribution in [2.24, 2.45) is 0 Å². The maximum atomic E-state index is 12.4. The van der Waals surface area contributed by atoms with Gasteiger partial charge in [0.05, 0.1) is 23.4 Å². The molecule has 0 bridgehead atoms. The first kappa shape index (κ1) is 17.0. The number of nitrogens with one attached hydrogen (secondary N) is 1. The summed E-state index contributed by atoms with van der Waals surface area (Å²) in [6.07, 6.45) is 1.57. The van der Waals surface area contributed by atoms with Gasteiger partial charge in [-0.25, -0.2) is 0 Å². The molecule has 4 nitrogen and oxygen atoms in total. The third-order valence-corrected chi connectivity index (χ3v) is 4.04. The summed E-state index contributed by atoms with van der Waals surface area (Å²) in [5.74, 6) is 0.313. The van der Waals surface area contributed by atoms with E-state index in [4.69, 9.17) is 16.3 Å². The third-order valence-electron chi connectivity index (χ3n) is 3.75. The second-order valence-electron chi connectivity index (χ2n) is 5.61. The fourth-order valence-corrected chi connectivity index (χ4v) is 2.71. The Kier molecular flexibility index (Phi) is 5.00. The van der Waals surface area contributed by atoms with Crippen molar-refractivity contribution in [3.05, 3.63) is 76.9 Å². The first-order valence-corrected chi connectivity index (χ1v) is 8.12. The Labute approximate surface area is 151 Å². The molecule has 5 heteroatoms. The minimum Gasteiger partial charge on any atom is -0.495 e. The van der Waals surface area contributed by atoms with Gasteiger partial charge in [0.1, 0.15) is 5.75 Å². The lowest BCUT2D eigenvalue weighted by Gasteiger charge is -2.08. The summed E-state index contributed by atoms with van der Waals surface area (Å²) in [5.41, 5.74) is 4.08. The van der Waals surface area contributed by atoms with Gasteiger partial charge < -0.3 is 10.1 Å². The number of benzene rings is 2. The zero-order valence-corrected chi connectivity index (χ0v) is 14.7. The van der Waals surface area contributed by atoms with Crippen molar-refractivity contribution in [3.63, 3.8) is 0 Å². The number of pyridine rings is 1. The predicted octanol–water partition coefficient (Wildman–Crippen LogP) is 4.97. The number of carbonyl (C=O) groups is 1. The highest BCUT2D eigenvalue weighted by molar-refractivity contribution is 6.32. The average molecular weight is 353 g/mol. The minimum absolute atomic E-state index is 0.246. The summed E-state index contributed by atoms with van der Waals surface area (Å²) >= 11 is 6.07. The SMILES string of the molecule is COc1ccc(NC(=O)c2ccc(-c3cccc(C)c3)nc2)cc1Cl. The highest BCUT2D eigenvalue weighted by Crippen LogP contribution is 2.27. The molecule has 1 aromatic heterocycles. The van der Waals surface area contributed by atoms with E-state index in [9.17, 15) is 4.79 Å². The number of carbonyl (C=O) groups excluding carboxylic acids is 1. The van der Waals surface area contributed by atoms with Crippen molar-refractivity contribution >= 4 is 23.2 Å². The Bertz CT molecular complexity index is 908. The molecule has 3 aromatic rings. The van der Waals surface area contributed by atoms with Crippen LogP contribution < -0.4 is 10.1 Å². The molecule has 0 unspecified atom stereocenters. The molecule has 0 aliphatic rings. The number of amides is 1. The van der Waals surface area contributed by atoms with E-state index in [2.05, 4.69) is 16.4 Å². The molecule has 1 N–H and O–H groups in total. The van der Waals surface area contributed by atoms with Gasteiger partial charge in [0.15, 0.2) is 0 Å². The van der Waals surface area contributed by atoms with Crippen LogP contribution in [-0.2, 0) is 0 Å². The number of halogens is 1. The summed E-state index contributed by atoms with van der Waals surface area (Å²) in [5, 5.41) is 3.24. The topological polar surface area (TPSA) is 51.2 Å². The number of ether oxygens (including phenoxy) is 1. The van der Waals surface area contributed by atoms with Crippen molar-refractivity contribution in [2.75, 3.05) is 12.4 Å². The lowest BCUT2D eigenvalue weighted by Crippen LogP contribution is -2.12. The second-order valence-corrected chi connectivity index (χ2v) is 6.01. The van der Waals surface area contributed by atoms with Crippen LogP contribution >= 0.6 is 11.6 Å². The van der Waals surface area contributed by atoms with Gasteiger partial charge in [0.2, 0.25) is 0 Å². The standard InChI is InChI=1S/C20H17ClN2O2/c1-13-4-3-5-14(10-13)18-8-6-15(12-22-18)20(24)23-16-7-9-19(25-2)17(21)11-16/h3-12H,1-2H3,(H,23,24). The van der Waals surface area contributed by atoms with Crippen LogP contribution in [0.4, 0.5) is 5.69 Å². The van der Waals surface area contributed by atoms with E-state index in [1.165, 1.54) is 0 Å². The Hall–Kier alpha value is -2.85. The minimum atomic E-state index is -0.246. The average Bonchev–Trinajstić information content (AvgIpc) is 2.62. The monoisotopic (exact) mass is 352 g/mol. The van der Waals surface area contributed by atoms with Gasteiger partial charge in [-0.1, -0.05) is 35.4 Å². The highest BCUT2D eigenvalue weighted by Gasteiger charge is 2.09. The number of hydrogen-bond donors (Lipinski definition) is 1. The highest BCUT2D eigenvalue weighted by atomic mass is 35.5. The van der Waals surface area contributed by atoms with Gasteiger partial charge in [-0.15, -0.1) is 0 Å². The molecule has 126 valence electrons. The van der Waals surface area contributed by atoms with Crippen molar-refractivity contribution in [2.45, 2.75) is 6.92 Å². The van der Waals surface area contributed by atoms with E-state index in [1.807, 2.05) is 31.2 Å². The molecule has 0 aliphatic heterocycles. The van der Waals surface area contributed by atoms with Crippen LogP contribution in [0.3, 0.4) is 0 Å². The van der Waals surface area contributed by atoms with E-state index in [0.29, 0.717) is 22.0 Å². The molecule has 0 saturated carbocycles. The van der Waals surface area contributed by atoms with Crippen LogP contribution in [0.15, 0.2) is 60.8 Å². The Balaban J connectivity index is 1.76. The summed E-state index contributed by atoms with van der Waals surface area (Å²) in [6, 6.07) is 16.7. The lowest BCUT2D eigenvalue weighted by atomic mass is 10.1. The van der Waals surface area contributed by atoms with Crippen LogP contribution in [-0.4, -0.2) is 18.0 Å². The molecule has 0 atom stereocenters. The molecule has 25 heavy (non-hydrogen) atoms. The normalized spacial score (nSPS) is 10.4. The van der Waals surface area contributed by atoms with Crippen LogP contribution in [0, 0.1) is 6.92 Å². The third kappa shape index (κ3) is 3.98. The summed E-state index contributed by atoms with van der Waals surface area (Å²) in [6.45, 7) is 2.03. The predicted molar refractivity (Wildman–Crippen MR) is 100 cm³/mol. The summed E-state index contributed by atoms with van der Waals surface area (Å²) < 4.78 is 5.10. The molecule has 0 fully saturated rings. The molecule has 1 amide bonds. The molecule has 2 aromatic carbocycles. The molecule has 3 rings (SSSR count). The van der Waals surface area contributed by atoms with Crippen molar-refractivity contribution in [1.82, 2.24) is 4.98 Å². The van der Waals surface area contributed by atoms with Crippen LogP contribution in [0.2, 0.25) is 5.02 Å². The van der Waals surface area contributed by atoms with Gasteiger partial charge in [-0.05, 0) is 43.3 Å². The zero-order chi connectivity index (χ0) is 17.8. The number of aryl methyl sites for hydroxylation is 1. The quantitative estimate of drug-likeness (QED) is 0.721. The van der Waals surface area contributed by atoms with Crippen LogP contribution in [0.25, 0.3) is 11.3 Å². The second kappa shape index (κ2) is 7.36. The molecular formula is C20H17ClN2O2. The molecule has 0 radical (unpaired) electrons. The van der Waals surface area contributed by atoms with Crippen molar-refractivity contribution in [3.8, 4) is 17.0 Å². The Morgan fingerprint density at radius 2 is 1.96 bits per heavy atom. The van der Waals surface area contributed by atoms with Gasteiger partial charge in [-0.2, -0.15) is 0 Å². The van der Waals surface area contributed by atoms with Crippen LogP contribution in [0.5, 0.6) is 5.75 Å². The smallest absolute Gasteiger partial charge is 0.257 e. The van der Waals surface area contributed by atoms with Gasteiger partial charge in [-0.3, -0.25) is 9.78 Å². The fraction of sp³-hybridized carbons (Fsp3) is 0.100. The fourth-order valence-electron chi connectivity index (χ4n) is 2.45. The summed E-state index contributed by atoms with van der Waals surface area (Å²) in [4.78, 5) is 16.7. The lowest BCUT2D eigenvalue weighted by molar-refractivity contribution is 0.102. The number of nitrogens with zero attached hydrogens (tertiary/aromatic N) is 1. The number of aromatic nitrogens is 1. The van der Waals surface area contributed by atoms with E-state index in [1.54, 1.807) is 37.6 Å². The number of rotatable bonds is 4.